The summed E-state index contributed by atoms with van der Waals surface area (Å²) in [5.41, 5.74) is 1.24. The van der Waals surface area contributed by atoms with Gasteiger partial charge in [0.25, 0.3) is 0 Å². The molecule has 14 heavy (non-hydrogen) atoms. The number of hydrogen-bond donors (Lipinski definition) is 0. The summed E-state index contributed by atoms with van der Waals surface area (Å²) in [4.78, 5) is 0. The minimum Gasteiger partial charge on any atom is -0.248 e. The van der Waals surface area contributed by atoms with E-state index in [-0.39, 0.29) is 0 Å². The van der Waals surface area contributed by atoms with Crippen molar-refractivity contribution in [3.8, 4) is 0 Å². The van der Waals surface area contributed by atoms with Crippen LogP contribution in [0.25, 0.3) is 0 Å². The van der Waals surface area contributed by atoms with Crippen LogP contribution in [-0.4, -0.2) is 9.46 Å². The summed E-state index contributed by atoms with van der Waals surface area (Å²) >= 11 is 0. The van der Waals surface area contributed by atoms with Gasteiger partial charge in [0.05, 0.1) is 9.83 Å². The average Bonchev–Trinajstić information content (AvgIpc) is 2.26. The zero-order valence-electron chi connectivity index (χ0n) is 8.60. The largest absolute Gasteiger partial charge is 0.248 e. The van der Waals surface area contributed by atoms with E-state index in [4.69, 9.17) is 0 Å². The minimum absolute atomic E-state index is 0.295. The SMILES string of the molecule is CCC(C)S(=O)SCc1ccccc1. The molecule has 1 aromatic carbocycles. The fraction of sp³-hybridized carbons (Fsp3) is 0.455. The van der Waals surface area contributed by atoms with E-state index in [1.165, 1.54) is 16.4 Å². The quantitative estimate of drug-likeness (QED) is 0.719. The summed E-state index contributed by atoms with van der Waals surface area (Å²) in [5.74, 6) is 0.845. The first-order chi connectivity index (χ1) is 6.74. The van der Waals surface area contributed by atoms with E-state index in [1.807, 2.05) is 25.1 Å². The normalized spacial score (nSPS) is 15.0. The Kier molecular flexibility index (Phi) is 5.26. The van der Waals surface area contributed by atoms with Crippen LogP contribution in [0.1, 0.15) is 25.8 Å². The highest BCUT2D eigenvalue weighted by atomic mass is 33.1. The molecule has 0 amide bonds. The van der Waals surface area contributed by atoms with Gasteiger partial charge in [0.15, 0.2) is 0 Å². The average molecular weight is 228 g/mol. The van der Waals surface area contributed by atoms with E-state index in [2.05, 4.69) is 19.1 Å². The van der Waals surface area contributed by atoms with Crippen LogP contribution in [0.3, 0.4) is 0 Å². The lowest BCUT2D eigenvalue weighted by molar-refractivity contribution is 0.680. The van der Waals surface area contributed by atoms with E-state index >= 15 is 0 Å². The molecule has 0 aliphatic rings. The van der Waals surface area contributed by atoms with Crippen molar-refractivity contribution in [2.75, 3.05) is 0 Å². The zero-order chi connectivity index (χ0) is 10.4. The molecule has 2 unspecified atom stereocenters. The molecule has 3 heteroatoms. The van der Waals surface area contributed by atoms with Gasteiger partial charge in [-0.25, -0.2) is 4.21 Å². The molecule has 0 saturated heterocycles. The lowest BCUT2D eigenvalue weighted by atomic mass is 10.2. The van der Waals surface area contributed by atoms with Crippen molar-refractivity contribution in [1.29, 1.82) is 0 Å². The lowest BCUT2D eigenvalue weighted by Crippen LogP contribution is -2.05. The van der Waals surface area contributed by atoms with Crippen LogP contribution in [0.4, 0.5) is 0 Å². The lowest BCUT2D eigenvalue weighted by Gasteiger charge is -2.07. The van der Waals surface area contributed by atoms with Gasteiger partial charge in [0.2, 0.25) is 0 Å². The molecule has 0 heterocycles. The predicted octanol–water partition coefficient (Wildman–Crippen LogP) is 3.38. The summed E-state index contributed by atoms with van der Waals surface area (Å²) < 4.78 is 11.6. The molecule has 78 valence electrons. The molecule has 0 aliphatic carbocycles. The second-order valence-corrected chi connectivity index (χ2v) is 6.77. The Morgan fingerprint density at radius 3 is 2.57 bits per heavy atom. The predicted molar refractivity (Wildman–Crippen MR) is 65.6 cm³/mol. The maximum absolute atomic E-state index is 11.6. The fourth-order valence-electron chi connectivity index (χ4n) is 0.953. The third kappa shape index (κ3) is 3.84. The summed E-state index contributed by atoms with van der Waals surface area (Å²) in [7, 11) is 0.786. The van der Waals surface area contributed by atoms with Crippen molar-refractivity contribution in [3.63, 3.8) is 0 Å². The fourth-order valence-corrected chi connectivity index (χ4v) is 3.76. The Hall–Kier alpha value is -0.280. The van der Waals surface area contributed by atoms with Gasteiger partial charge < -0.3 is 0 Å². The van der Waals surface area contributed by atoms with E-state index in [0.717, 1.165) is 12.2 Å². The maximum Gasteiger partial charge on any atom is 0.0835 e. The molecule has 0 bridgehead atoms. The third-order valence-corrected chi connectivity index (χ3v) is 5.80. The van der Waals surface area contributed by atoms with Crippen LogP contribution >= 0.6 is 10.8 Å². The van der Waals surface area contributed by atoms with Crippen LogP contribution in [0, 0.1) is 0 Å². The summed E-state index contributed by atoms with van der Waals surface area (Å²) in [6.45, 7) is 4.11. The Labute approximate surface area is 92.2 Å². The van der Waals surface area contributed by atoms with Crippen LogP contribution in [0.2, 0.25) is 0 Å². The Morgan fingerprint density at radius 1 is 1.36 bits per heavy atom. The smallest absolute Gasteiger partial charge is 0.0835 e. The topological polar surface area (TPSA) is 17.1 Å². The molecule has 0 N–H and O–H groups in total. The van der Waals surface area contributed by atoms with Crippen LogP contribution in [0.5, 0.6) is 0 Å². The highest BCUT2D eigenvalue weighted by molar-refractivity contribution is 8.69. The zero-order valence-corrected chi connectivity index (χ0v) is 10.2. The first-order valence-electron chi connectivity index (χ1n) is 4.81. The second-order valence-electron chi connectivity index (χ2n) is 3.23. The van der Waals surface area contributed by atoms with E-state index in [0.29, 0.717) is 5.25 Å². The van der Waals surface area contributed by atoms with Crippen molar-refractivity contribution in [2.24, 2.45) is 0 Å². The van der Waals surface area contributed by atoms with Crippen molar-refractivity contribution in [3.05, 3.63) is 35.9 Å². The number of hydrogen-bond acceptors (Lipinski definition) is 2. The summed E-state index contributed by atoms with van der Waals surface area (Å²) in [6, 6.07) is 10.2. The van der Waals surface area contributed by atoms with Gasteiger partial charge in [-0.15, -0.1) is 0 Å². The van der Waals surface area contributed by atoms with E-state index < -0.39 is 9.83 Å². The summed E-state index contributed by atoms with van der Waals surface area (Å²) in [6.07, 6.45) is 0.981. The molecule has 0 aliphatic heterocycles. The van der Waals surface area contributed by atoms with Gasteiger partial charge in [0.1, 0.15) is 0 Å². The van der Waals surface area contributed by atoms with Crippen LogP contribution < -0.4 is 0 Å². The molecule has 1 rings (SSSR count). The van der Waals surface area contributed by atoms with Gasteiger partial charge in [0, 0.05) is 11.0 Å². The molecule has 0 spiro atoms. The van der Waals surface area contributed by atoms with Gasteiger partial charge in [-0.05, 0) is 18.9 Å². The van der Waals surface area contributed by atoms with Crippen molar-refractivity contribution < 1.29 is 4.21 Å². The van der Waals surface area contributed by atoms with Crippen LogP contribution in [0.15, 0.2) is 30.3 Å². The van der Waals surface area contributed by atoms with Gasteiger partial charge in [-0.3, -0.25) is 0 Å². The maximum atomic E-state index is 11.6. The van der Waals surface area contributed by atoms with Gasteiger partial charge in [-0.1, -0.05) is 48.0 Å². The first-order valence-corrected chi connectivity index (χ1v) is 7.53. The molecular formula is C11H16OS2. The second kappa shape index (κ2) is 6.25. The molecule has 1 nitrogen and oxygen atoms in total. The monoisotopic (exact) mass is 228 g/mol. The number of rotatable bonds is 5. The Bertz CT molecular complexity index is 285. The van der Waals surface area contributed by atoms with E-state index in [1.54, 1.807) is 0 Å². The molecule has 0 aromatic heterocycles. The number of benzene rings is 1. The van der Waals surface area contributed by atoms with Crippen molar-refractivity contribution in [1.82, 2.24) is 0 Å². The van der Waals surface area contributed by atoms with Gasteiger partial charge >= 0.3 is 0 Å². The summed E-state index contributed by atoms with van der Waals surface area (Å²) in [5, 5.41) is 0.295. The molecule has 0 saturated carbocycles. The van der Waals surface area contributed by atoms with Crippen molar-refractivity contribution in [2.45, 2.75) is 31.3 Å². The molecule has 0 radical (unpaired) electrons. The Balaban J connectivity index is 2.38. The standard InChI is InChI=1S/C11H16OS2/c1-3-10(2)14(12)13-9-11-7-5-4-6-8-11/h4-8,10H,3,9H2,1-2H3. The molecular weight excluding hydrogens is 212 g/mol. The molecule has 1 aromatic rings. The van der Waals surface area contributed by atoms with Gasteiger partial charge in [-0.2, -0.15) is 0 Å². The Morgan fingerprint density at radius 2 is 2.00 bits per heavy atom. The minimum atomic E-state index is -0.749. The van der Waals surface area contributed by atoms with Crippen molar-refractivity contribution >= 4 is 20.6 Å². The van der Waals surface area contributed by atoms with E-state index in [9.17, 15) is 4.21 Å². The first kappa shape index (κ1) is 11.8. The highest BCUT2D eigenvalue weighted by Crippen LogP contribution is 2.20. The van der Waals surface area contributed by atoms with Crippen LogP contribution in [-0.2, 0) is 15.6 Å². The molecule has 2 atom stereocenters. The highest BCUT2D eigenvalue weighted by Gasteiger charge is 2.08. The third-order valence-electron chi connectivity index (χ3n) is 2.09. The molecule has 0 fully saturated rings.